The Morgan fingerprint density at radius 2 is 1.80 bits per heavy atom. The van der Waals surface area contributed by atoms with E-state index in [2.05, 4.69) is 0 Å². The highest BCUT2D eigenvalue weighted by Crippen LogP contribution is 2.23. The Morgan fingerprint density at radius 1 is 1.10 bits per heavy atom. The van der Waals surface area contributed by atoms with Gasteiger partial charge in [0.2, 0.25) is 0 Å². The van der Waals surface area contributed by atoms with Gasteiger partial charge in [0.05, 0.1) is 26.0 Å². The maximum atomic E-state index is 12.4. The van der Waals surface area contributed by atoms with Crippen molar-refractivity contribution in [3.63, 3.8) is 0 Å². The quantitative estimate of drug-likeness (QED) is 0.781. The lowest BCUT2D eigenvalue weighted by atomic mass is 10.1. The molecule has 0 amide bonds. The summed E-state index contributed by atoms with van der Waals surface area (Å²) < 4.78 is 12.4. The molecule has 2 unspecified atom stereocenters. The van der Waals surface area contributed by atoms with Gasteiger partial charge in [0.15, 0.2) is 5.78 Å². The first-order chi connectivity index (χ1) is 9.50. The number of benzene rings is 2. The van der Waals surface area contributed by atoms with Crippen molar-refractivity contribution in [3.8, 4) is 0 Å². The molecule has 0 bridgehead atoms. The molecule has 0 aliphatic carbocycles. The molecule has 0 spiro atoms. The number of carbonyl (C=O) groups excluding carboxylic acids is 1. The minimum Gasteiger partial charge on any atom is -0.293 e. The smallest absolute Gasteiger partial charge is 0.178 e. The van der Waals surface area contributed by atoms with Crippen molar-refractivity contribution in [2.24, 2.45) is 0 Å². The van der Waals surface area contributed by atoms with E-state index in [0.29, 0.717) is 20.5 Å². The summed E-state index contributed by atoms with van der Waals surface area (Å²) in [5.41, 5.74) is 0.449. The van der Waals surface area contributed by atoms with Gasteiger partial charge in [0, 0.05) is 10.6 Å². The second kappa shape index (κ2) is 6.53. The number of ketones is 1. The average Bonchev–Trinajstić information content (AvgIpc) is 2.45. The minimum absolute atomic E-state index is 0.217. The normalized spacial score (nSPS) is 13.8. The molecule has 2 nitrogen and oxygen atoms in total. The van der Waals surface area contributed by atoms with Gasteiger partial charge in [-0.2, -0.15) is 0 Å². The molecule has 0 aromatic heterocycles. The van der Waals surface area contributed by atoms with Crippen LogP contribution in [0.1, 0.15) is 17.3 Å². The zero-order chi connectivity index (χ0) is 14.7. The van der Waals surface area contributed by atoms with Gasteiger partial charge in [-0.05, 0) is 31.2 Å². The molecule has 0 radical (unpaired) electrons. The van der Waals surface area contributed by atoms with E-state index in [1.165, 1.54) is 0 Å². The van der Waals surface area contributed by atoms with E-state index in [-0.39, 0.29) is 5.78 Å². The first-order valence-corrected chi connectivity index (χ1v) is 7.92. The van der Waals surface area contributed by atoms with E-state index in [0.717, 1.165) is 0 Å². The topological polar surface area (TPSA) is 34.1 Å². The van der Waals surface area contributed by atoms with Gasteiger partial charge in [-0.3, -0.25) is 9.00 Å². The van der Waals surface area contributed by atoms with Crippen LogP contribution < -0.4 is 0 Å². The van der Waals surface area contributed by atoms with Gasteiger partial charge in [0.1, 0.15) is 0 Å². The van der Waals surface area contributed by atoms with Gasteiger partial charge in [0.25, 0.3) is 0 Å². The fourth-order valence-corrected chi connectivity index (χ4v) is 3.51. The summed E-state index contributed by atoms with van der Waals surface area (Å²) >= 11 is 11.9. The van der Waals surface area contributed by atoms with Gasteiger partial charge >= 0.3 is 0 Å². The second-order valence-corrected chi connectivity index (χ2v) is 6.83. The number of hydrogen-bond donors (Lipinski definition) is 0. The third-order valence-electron chi connectivity index (χ3n) is 2.85. The van der Waals surface area contributed by atoms with Crippen molar-refractivity contribution in [1.29, 1.82) is 0 Å². The van der Waals surface area contributed by atoms with E-state index in [4.69, 9.17) is 23.2 Å². The molecule has 2 atom stereocenters. The van der Waals surface area contributed by atoms with E-state index in [1.807, 2.05) is 0 Å². The van der Waals surface area contributed by atoms with Crippen molar-refractivity contribution in [1.82, 2.24) is 0 Å². The first kappa shape index (κ1) is 15.2. The molecule has 2 aromatic rings. The largest absolute Gasteiger partial charge is 0.293 e. The van der Waals surface area contributed by atoms with E-state index < -0.39 is 16.0 Å². The lowest BCUT2D eigenvalue weighted by molar-refractivity contribution is 0.0992. The fourth-order valence-electron chi connectivity index (χ4n) is 1.77. The van der Waals surface area contributed by atoms with Gasteiger partial charge < -0.3 is 0 Å². The molecule has 104 valence electrons. The third kappa shape index (κ3) is 3.29. The second-order valence-electron chi connectivity index (χ2n) is 4.24. The predicted molar refractivity (Wildman–Crippen MR) is 83.1 cm³/mol. The van der Waals surface area contributed by atoms with Gasteiger partial charge in [-0.15, -0.1) is 0 Å². The van der Waals surface area contributed by atoms with Crippen LogP contribution in [0.5, 0.6) is 0 Å². The Morgan fingerprint density at radius 3 is 2.45 bits per heavy atom. The molecule has 20 heavy (non-hydrogen) atoms. The maximum absolute atomic E-state index is 12.4. The molecule has 0 N–H and O–H groups in total. The fraction of sp³-hybridized carbons (Fsp3) is 0.133. The van der Waals surface area contributed by atoms with Crippen LogP contribution in [0.2, 0.25) is 10.0 Å². The average molecular weight is 327 g/mol. The van der Waals surface area contributed by atoms with E-state index in [1.54, 1.807) is 55.5 Å². The van der Waals surface area contributed by atoms with E-state index >= 15 is 0 Å². The number of Topliss-reactive ketones (excluding diaryl/α,β-unsaturated/α-hetero) is 1. The van der Waals surface area contributed by atoms with Crippen molar-refractivity contribution in [3.05, 3.63) is 64.1 Å². The molecule has 2 aromatic carbocycles. The van der Waals surface area contributed by atoms with Crippen LogP contribution in [0.3, 0.4) is 0 Å². The summed E-state index contributed by atoms with van der Waals surface area (Å²) in [5, 5.41) is 0.191. The molecule has 0 heterocycles. The number of rotatable bonds is 4. The monoisotopic (exact) mass is 326 g/mol. The number of hydrogen-bond acceptors (Lipinski definition) is 2. The van der Waals surface area contributed by atoms with E-state index in [9.17, 15) is 9.00 Å². The van der Waals surface area contributed by atoms with Crippen LogP contribution in [0.25, 0.3) is 0 Å². The van der Waals surface area contributed by atoms with Crippen LogP contribution in [-0.4, -0.2) is 15.2 Å². The Labute approximate surface area is 130 Å². The molecule has 0 aliphatic rings. The van der Waals surface area contributed by atoms with Crippen LogP contribution in [0.4, 0.5) is 0 Å². The molecular weight excluding hydrogens is 315 g/mol. The molecule has 0 fully saturated rings. The molecule has 5 heteroatoms. The standard InChI is InChI=1S/C15H12Cl2O2S/c1-10(15(18)11-5-4-6-12(16)9-11)20(19)14-8-3-2-7-13(14)17/h2-10H,1H3. The van der Waals surface area contributed by atoms with Gasteiger partial charge in [-0.25, -0.2) is 0 Å². The van der Waals surface area contributed by atoms with Crippen LogP contribution >= 0.6 is 23.2 Å². The van der Waals surface area contributed by atoms with Crippen LogP contribution in [-0.2, 0) is 10.8 Å². The summed E-state index contributed by atoms with van der Waals surface area (Å²) in [6, 6.07) is 13.4. The van der Waals surface area contributed by atoms with Crippen molar-refractivity contribution in [2.75, 3.05) is 0 Å². The predicted octanol–water partition coefficient (Wildman–Crippen LogP) is 4.37. The molecule has 0 saturated carbocycles. The molecule has 0 saturated heterocycles. The Kier molecular flexibility index (Phi) is 4.97. The van der Waals surface area contributed by atoms with Crippen molar-refractivity contribution in [2.45, 2.75) is 17.1 Å². The summed E-state index contributed by atoms with van der Waals surface area (Å²) in [6.07, 6.45) is 0. The molecule has 2 rings (SSSR count). The summed E-state index contributed by atoms with van der Waals surface area (Å²) in [7, 11) is -1.50. The van der Waals surface area contributed by atoms with Crippen molar-refractivity contribution >= 4 is 39.8 Å². The minimum atomic E-state index is -1.50. The van der Waals surface area contributed by atoms with Gasteiger partial charge in [-0.1, -0.05) is 47.5 Å². The Hall–Kier alpha value is -1.16. The van der Waals surface area contributed by atoms with Crippen LogP contribution in [0, 0.1) is 0 Å². The summed E-state index contributed by atoms with van der Waals surface area (Å²) in [5.74, 6) is -0.217. The summed E-state index contributed by atoms with van der Waals surface area (Å²) in [4.78, 5) is 12.8. The lowest BCUT2D eigenvalue weighted by Crippen LogP contribution is -2.23. The Bertz CT molecular complexity index is 670. The molecule has 0 aliphatic heterocycles. The third-order valence-corrected chi connectivity index (χ3v) is 5.18. The maximum Gasteiger partial charge on any atom is 0.178 e. The zero-order valence-electron chi connectivity index (χ0n) is 10.7. The SMILES string of the molecule is CC(C(=O)c1cccc(Cl)c1)S(=O)c1ccccc1Cl. The zero-order valence-corrected chi connectivity index (χ0v) is 13.0. The highest BCUT2D eigenvalue weighted by Gasteiger charge is 2.24. The highest BCUT2D eigenvalue weighted by molar-refractivity contribution is 7.86. The van der Waals surface area contributed by atoms with Crippen LogP contribution in [0.15, 0.2) is 53.4 Å². The lowest BCUT2D eigenvalue weighted by Gasteiger charge is -2.12. The highest BCUT2D eigenvalue weighted by atomic mass is 35.5. The molecular formula is C15H12Cl2O2S. The first-order valence-electron chi connectivity index (χ1n) is 5.95. The Balaban J connectivity index is 2.27. The van der Waals surface area contributed by atoms with Crippen molar-refractivity contribution < 1.29 is 9.00 Å². The number of halogens is 2. The number of carbonyl (C=O) groups is 1. The summed E-state index contributed by atoms with van der Waals surface area (Å²) in [6.45, 7) is 1.63.